The van der Waals surface area contributed by atoms with Crippen LogP contribution in [0.3, 0.4) is 0 Å². The van der Waals surface area contributed by atoms with E-state index < -0.39 is 29.6 Å². The van der Waals surface area contributed by atoms with Gasteiger partial charge in [0.25, 0.3) is 0 Å². The number of benzene rings is 1. The summed E-state index contributed by atoms with van der Waals surface area (Å²) >= 11 is 0. The summed E-state index contributed by atoms with van der Waals surface area (Å²) in [6.07, 6.45) is 0.499. The third-order valence-electron chi connectivity index (χ3n) is 2.85. The Morgan fingerprint density at radius 2 is 1.67 bits per heavy atom. The Labute approximate surface area is 123 Å². The Bertz CT molecular complexity index is 461. The quantitative estimate of drug-likeness (QED) is 0.760. The Balaban J connectivity index is 2.71. The van der Waals surface area contributed by atoms with E-state index >= 15 is 0 Å². The van der Waals surface area contributed by atoms with Crippen molar-refractivity contribution < 1.29 is 23.4 Å². The van der Waals surface area contributed by atoms with Crippen LogP contribution in [0.25, 0.3) is 0 Å². The Hall–Kier alpha value is -1.24. The van der Waals surface area contributed by atoms with Gasteiger partial charge in [0.05, 0.1) is 13.2 Å². The lowest BCUT2D eigenvalue weighted by atomic mass is 10.1. The number of aliphatic hydroxyl groups is 1. The molecule has 21 heavy (non-hydrogen) atoms. The van der Waals surface area contributed by atoms with Crippen molar-refractivity contribution in [3.05, 3.63) is 29.3 Å². The second kappa shape index (κ2) is 6.68. The maximum Gasteiger partial charge on any atom is 0.135 e. The maximum absolute atomic E-state index is 13.6. The molecule has 0 aliphatic carbocycles. The summed E-state index contributed by atoms with van der Waals surface area (Å²) < 4.78 is 38.1. The molecule has 0 radical (unpaired) electrons. The first kappa shape index (κ1) is 17.8. The van der Waals surface area contributed by atoms with Crippen molar-refractivity contribution in [2.24, 2.45) is 5.73 Å². The molecular weight excluding hydrogens is 280 g/mol. The van der Waals surface area contributed by atoms with Crippen LogP contribution in [0.4, 0.5) is 8.78 Å². The average molecular weight is 303 g/mol. The summed E-state index contributed by atoms with van der Waals surface area (Å²) in [7, 11) is 0. The average Bonchev–Trinajstić information content (AvgIpc) is 2.25. The molecule has 1 rings (SSSR count). The van der Waals surface area contributed by atoms with Crippen LogP contribution in [0.5, 0.6) is 5.75 Å². The molecule has 0 spiro atoms. The van der Waals surface area contributed by atoms with E-state index in [2.05, 4.69) is 0 Å². The van der Waals surface area contributed by atoms with Crippen molar-refractivity contribution in [1.29, 1.82) is 0 Å². The van der Waals surface area contributed by atoms with Crippen LogP contribution in [0.2, 0.25) is 0 Å². The van der Waals surface area contributed by atoms with E-state index in [4.69, 9.17) is 20.3 Å². The molecule has 0 fully saturated rings. The molecule has 0 atom stereocenters. The van der Waals surface area contributed by atoms with Crippen molar-refractivity contribution in [1.82, 2.24) is 0 Å². The summed E-state index contributed by atoms with van der Waals surface area (Å²) in [5.41, 5.74) is 3.92. The van der Waals surface area contributed by atoms with Crippen molar-refractivity contribution in [3.8, 4) is 5.75 Å². The van der Waals surface area contributed by atoms with E-state index in [0.29, 0.717) is 13.0 Å². The highest BCUT2D eigenvalue weighted by atomic mass is 19.1. The van der Waals surface area contributed by atoms with Crippen molar-refractivity contribution in [3.63, 3.8) is 0 Å². The monoisotopic (exact) mass is 303 g/mol. The van der Waals surface area contributed by atoms with Gasteiger partial charge >= 0.3 is 0 Å². The SMILES string of the molecule is CC(C)(N)OCCC(C)(C)Oc1cc(F)c(CO)c(F)c1. The number of aliphatic hydroxyl groups excluding tert-OH is 1. The maximum atomic E-state index is 13.6. The number of hydrogen-bond donors (Lipinski definition) is 2. The van der Waals surface area contributed by atoms with Gasteiger partial charge in [0, 0.05) is 24.1 Å². The van der Waals surface area contributed by atoms with Gasteiger partial charge in [-0.25, -0.2) is 8.78 Å². The highest BCUT2D eigenvalue weighted by Gasteiger charge is 2.23. The van der Waals surface area contributed by atoms with Gasteiger partial charge < -0.3 is 20.3 Å². The number of hydrogen-bond acceptors (Lipinski definition) is 4. The third-order valence-corrected chi connectivity index (χ3v) is 2.85. The van der Waals surface area contributed by atoms with Gasteiger partial charge in [-0.3, -0.25) is 0 Å². The molecule has 120 valence electrons. The van der Waals surface area contributed by atoms with Crippen LogP contribution in [0.1, 0.15) is 39.7 Å². The molecule has 3 N–H and O–H groups in total. The normalized spacial score (nSPS) is 12.6. The molecule has 0 saturated heterocycles. The predicted molar refractivity (Wildman–Crippen MR) is 75.8 cm³/mol. The smallest absolute Gasteiger partial charge is 0.135 e. The van der Waals surface area contributed by atoms with Crippen molar-refractivity contribution in [2.75, 3.05) is 6.61 Å². The first-order valence-electron chi connectivity index (χ1n) is 6.75. The van der Waals surface area contributed by atoms with Gasteiger partial charge in [-0.15, -0.1) is 0 Å². The highest BCUT2D eigenvalue weighted by molar-refractivity contribution is 5.30. The van der Waals surface area contributed by atoms with Gasteiger partial charge in [-0.05, 0) is 27.7 Å². The summed E-state index contributed by atoms with van der Waals surface area (Å²) in [6, 6.07) is 2.12. The molecule has 0 bridgehead atoms. The van der Waals surface area contributed by atoms with Gasteiger partial charge in [0.1, 0.15) is 28.7 Å². The van der Waals surface area contributed by atoms with Crippen molar-refractivity contribution >= 4 is 0 Å². The third kappa shape index (κ3) is 5.95. The molecule has 0 aliphatic rings. The van der Waals surface area contributed by atoms with Crippen LogP contribution in [-0.2, 0) is 11.3 Å². The van der Waals surface area contributed by atoms with Crippen LogP contribution < -0.4 is 10.5 Å². The number of ether oxygens (including phenoxy) is 2. The van der Waals surface area contributed by atoms with E-state index in [1.807, 2.05) is 0 Å². The molecule has 6 heteroatoms. The lowest BCUT2D eigenvalue weighted by Crippen LogP contribution is -2.38. The number of rotatable bonds is 7. The van der Waals surface area contributed by atoms with Gasteiger partial charge in [0.15, 0.2) is 0 Å². The zero-order chi connectivity index (χ0) is 16.3. The zero-order valence-electron chi connectivity index (χ0n) is 12.9. The first-order chi connectivity index (χ1) is 9.54. The van der Waals surface area contributed by atoms with E-state index in [0.717, 1.165) is 12.1 Å². The second-order valence-corrected chi connectivity index (χ2v) is 6.09. The van der Waals surface area contributed by atoms with Crippen LogP contribution in [0.15, 0.2) is 12.1 Å². The van der Waals surface area contributed by atoms with Gasteiger partial charge in [-0.1, -0.05) is 0 Å². The summed E-state index contributed by atoms with van der Waals surface area (Å²) in [4.78, 5) is 0. The van der Waals surface area contributed by atoms with Gasteiger partial charge in [0.2, 0.25) is 0 Å². The zero-order valence-corrected chi connectivity index (χ0v) is 12.9. The molecule has 4 nitrogen and oxygen atoms in total. The van der Waals surface area contributed by atoms with Crippen LogP contribution in [-0.4, -0.2) is 23.0 Å². The minimum atomic E-state index is -0.831. The molecule has 0 aliphatic heterocycles. The largest absolute Gasteiger partial charge is 0.488 e. The van der Waals surface area contributed by atoms with Crippen LogP contribution in [0, 0.1) is 11.6 Å². The summed E-state index contributed by atoms with van der Waals surface area (Å²) in [6.45, 7) is 6.71. The summed E-state index contributed by atoms with van der Waals surface area (Å²) in [5, 5.41) is 8.87. The van der Waals surface area contributed by atoms with E-state index in [1.165, 1.54) is 0 Å². The molecule has 0 aromatic heterocycles. The topological polar surface area (TPSA) is 64.7 Å². The molecule has 0 amide bonds. The Morgan fingerprint density at radius 3 is 2.10 bits per heavy atom. The van der Waals surface area contributed by atoms with E-state index in [9.17, 15) is 8.78 Å². The van der Waals surface area contributed by atoms with Crippen molar-refractivity contribution in [2.45, 2.75) is 52.0 Å². The lowest BCUT2D eigenvalue weighted by Gasteiger charge is -2.28. The number of nitrogens with two attached hydrogens (primary N) is 1. The molecule has 0 unspecified atom stereocenters. The minimum absolute atomic E-state index is 0.0687. The number of halogens is 2. The fraction of sp³-hybridized carbons (Fsp3) is 0.600. The van der Waals surface area contributed by atoms with E-state index in [1.54, 1.807) is 27.7 Å². The van der Waals surface area contributed by atoms with E-state index in [-0.39, 0.29) is 11.3 Å². The summed E-state index contributed by atoms with van der Waals surface area (Å²) in [5.74, 6) is -1.59. The standard InChI is InChI=1S/C15H23F2NO3/c1-14(2,5-6-20-15(3,4)18)21-10-7-12(16)11(9-19)13(17)8-10/h7-8,19H,5-6,9,18H2,1-4H3. The first-order valence-corrected chi connectivity index (χ1v) is 6.75. The minimum Gasteiger partial charge on any atom is -0.488 e. The Kier molecular flexibility index (Phi) is 5.67. The second-order valence-electron chi connectivity index (χ2n) is 6.09. The highest BCUT2D eigenvalue weighted by Crippen LogP contribution is 2.26. The van der Waals surface area contributed by atoms with Crippen LogP contribution >= 0.6 is 0 Å². The molecule has 0 saturated carbocycles. The molecule has 1 aromatic rings. The fourth-order valence-electron chi connectivity index (χ4n) is 1.72. The predicted octanol–water partition coefficient (Wildman–Crippen LogP) is 2.72. The Morgan fingerprint density at radius 1 is 1.14 bits per heavy atom. The molecule has 0 heterocycles. The fourth-order valence-corrected chi connectivity index (χ4v) is 1.72. The lowest BCUT2D eigenvalue weighted by molar-refractivity contribution is -0.0366. The molecular formula is C15H23F2NO3. The van der Waals surface area contributed by atoms with Gasteiger partial charge in [-0.2, -0.15) is 0 Å². The molecule has 1 aromatic carbocycles.